The van der Waals surface area contributed by atoms with Crippen LogP contribution in [0.15, 0.2) is 48.5 Å². The van der Waals surface area contributed by atoms with Crippen molar-refractivity contribution in [1.29, 1.82) is 0 Å². The quantitative estimate of drug-likeness (QED) is 0.562. The third-order valence-corrected chi connectivity index (χ3v) is 3.62. The van der Waals surface area contributed by atoms with E-state index in [2.05, 4.69) is 10.9 Å². The molecule has 7 nitrogen and oxygen atoms in total. The number of hydrazine groups is 1. The number of methoxy groups -OCH3 is 2. The molecular formula is C20H21FN2O5. The van der Waals surface area contributed by atoms with Gasteiger partial charge in [-0.05, 0) is 42.8 Å². The summed E-state index contributed by atoms with van der Waals surface area (Å²) in [6.45, 7) is 1.44. The first-order valence-electron chi connectivity index (χ1n) is 8.35. The molecule has 1 unspecified atom stereocenters. The summed E-state index contributed by atoms with van der Waals surface area (Å²) in [4.78, 5) is 23.9. The summed E-state index contributed by atoms with van der Waals surface area (Å²) < 4.78 is 29.1. The number of ether oxygens (including phenoxy) is 3. The molecule has 0 saturated heterocycles. The maximum Gasteiger partial charge on any atom is 0.279 e. The molecule has 0 radical (unpaired) electrons. The van der Waals surface area contributed by atoms with E-state index in [1.54, 1.807) is 24.3 Å². The summed E-state index contributed by atoms with van der Waals surface area (Å²) in [5.74, 6) is -0.675. The lowest BCUT2D eigenvalue weighted by molar-refractivity contribution is -0.131. The van der Waals surface area contributed by atoms with Crippen molar-refractivity contribution in [2.75, 3.05) is 14.2 Å². The molecular weight excluding hydrogens is 367 g/mol. The largest absolute Gasteiger partial charge is 0.497 e. The van der Waals surface area contributed by atoms with Gasteiger partial charge in [-0.2, -0.15) is 0 Å². The SMILES string of the molecule is COc1cc(/C=C/C(=O)NNC(=O)C(C)Oc2ccccc2F)cc(OC)c1. The van der Waals surface area contributed by atoms with E-state index in [0.29, 0.717) is 17.1 Å². The molecule has 148 valence electrons. The number of amides is 2. The fraction of sp³-hybridized carbons (Fsp3) is 0.200. The third-order valence-electron chi connectivity index (χ3n) is 3.62. The molecule has 0 aliphatic heterocycles. The number of halogens is 1. The van der Waals surface area contributed by atoms with Gasteiger partial charge in [0.05, 0.1) is 14.2 Å². The summed E-state index contributed by atoms with van der Waals surface area (Å²) in [7, 11) is 3.05. The van der Waals surface area contributed by atoms with E-state index in [4.69, 9.17) is 14.2 Å². The zero-order valence-corrected chi connectivity index (χ0v) is 15.7. The van der Waals surface area contributed by atoms with Gasteiger partial charge in [0.2, 0.25) is 0 Å². The lowest BCUT2D eigenvalue weighted by Crippen LogP contribution is -2.46. The highest BCUT2D eigenvalue weighted by Gasteiger charge is 2.16. The standard InChI is InChI=1S/C20H21FN2O5/c1-13(28-18-7-5-4-6-17(18)21)20(25)23-22-19(24)9-8-14-10-15(26-2)12-16(11-14)27-3/h4-13H,1-3H3,(H,22,24)(H,23,25)/b9-8+. The Bertz CT molecular complexity index is 847. The number of para-hydroxylation sites is 1. The van der Waals surface area contributed by atoms with Crippen molar-refractivity contribution < 1.29 is 28.2 Å². The Morgan fingerprint density at radius 2 is 1.68 bits per heavy atom. The van der Waals surface area contributed by atoms with Gasteiger partial charge >= 0.3 is 0 Å². The van der Waals surface area contributed by atoms with Crippen LogP contribution in [0.25, 0.3) is 6.08 Å². The second-order valence-electron chi connectivity index (χ2n) is 5.65. The fourth-order valence-corrected chi connectivity index (χ4v) is 2.15. The van der Waals surface area contributed by atoms with Crippen LogP contribution in [0, 0.1) is 5.82 Å². The second-order valence-corrected chi connectivity index (χ2v) is 5.65. The molecule has 0 saturated carbocycles. The number of rotatable bonds is 7. The number of carbonyl (C=O) groups excluding carboxylic acids is 2. The molecule has 8 heteroatoms. The minimum absolute atomic E-state index is 0.0525. The maximum absolute atomic E-state index is 13.5. The van der Waals surface area contributed by atoms with Crippen molar-refractivity contribution in [3.8, 4) is 17.2 Å². The Morgan fingerprint density at radius 3 is 2.29 bits per heavy atom. The highest BCUT2D eigenvalue weighted by atomic mass is 19.1. The van der Waals surface area contributed by atoms with Crippen molar-refractivity contribution in [1.82, 2.24) is 10.9 Å². The van der Waals surface area contributed by atoms with Crippen LogP contribution in [-0.2, 0) is 9.59 Å². The van der Waals surface area contributed by atoms with Crippen molar-refractivity contribution in [2.24, 2.45) is 0 Å². The fourth-order valence-electron chi connectivity index (χ4n) is 2.15. The molecule has 0 aromatic heterocycles. The van der Waals surface area contributed by atoms with Gasteiger partial charge in [-0.15, -0.1) is 0 Å². The highest BCUT2D eigenvalue weighted by molar-refractivity contribution is 5.93. The molecule has 0 aliphatic carbocycles. The van der Waals surface area contributed by atoms with E-state index in [9.17, 15) is 14.0 Å². The molecule has 28 heavy (non-hydrogen) atoms. The third kappa shape index (κ3) is 6.01. The van der Waals surface area contributed by atoms with E-state index in [-0.39, 0.29) is 5.75 Å². The Labute approximate surface area is 162 Å². The number of carbonyl (C=O) groups is 2. The molecule has 0 bridgehead atoms. The lowest BCUT2D eigenvalue weighted by atomic mass is 10.2. The molecule has 0 spiro atoms. The Hall–Kier alpha value is -3.55. The van der Waals surface area contributed by atoms with Crippen LogP contribution in [0.2, 0.25) is 0 Å². The lowest BCUT2D eigenvalue weighted by Gasteiger charge is -2.15. The summed E-state index contributed by atoms with van der Waals surface area (Å²) >= 11 is 0. The summed E-state index contributed by atoms with van der Waals surface area (Å²) in [5.41, 5.74) is 5.12. The van der Waals surface area contributed by atoms with E-state index < -0.39 is 23.7 Å². The van der Waals surface area contributed by atoms with Crippen LogP contribution >= 0.6 is 0 Å². The Balaban J connectivity index is 1.88. The average Bonchev–Trinajstić information content (AvgIpc) is 2.71. The first-order chi connectivity index (χ1) is 13.4. The molecule has 2 aromatic rings. The molecule has 1 atom stereocenters. The van der Waals surface area contributed by atoms with Crippen LogP contribution in [0.1, 0.15) is 12.5 Å². The number of hydrogen-bond donors (Lipinski definition) is 2. The molecule has 0 fully saturated rings. The predicted octanol–water partition coefficient (Wildman–Crippen LogP) is 2.47. The first-order valence-corrected chi connectivity index (χ1v) is 8.35. The van der Waals surface area contributed by atoms with E-state index in [0.717, 1.165) is 0 Å². The van der Waals surface area contributed by atoms with Crippen molar-refractivity contribution >= 4 is 17.9 Å². The first kappa shape index (κ1) is 20.8. The highest BCUT2D eigenvalue weighted by Crippen LogP contribution is 2.23. The van der Waals surface area contributed by atoms with Crippen LogP contribution in [-0.4, -0.2) is 32.1 Å². The van der Waals surface area contributed by atoms with E-state index >= 15 is 0 Å². The van der Waals surface area contributed by atoms with Crippen molar-refractivity contribution in [2.45, 2.75) is 13.0 Å². The van der Waals surface area contributed by atoms with E-state index in [1.165, 1.54) is 51.5 Å². The van der Waals surface area contributed by atoms with Gasteiger partial charge in [-0.1, -0.05) is 12.1 Å². The van der Waals surface area contributed by atoms with Crippen molar-refractivity contribution in [3.05, 3.63) is 59.9 Å². The van der Waals surface area contributed by atoms with Gasteiger partial charge in [-0.25, -0.2) is 4.39 Å². The minimum atomic E-state index is -1.01. The average molecular weight is 388 g/mol. The van der Waals surface area contributed by atoms with Gasteiger partial charge in [0, 0.05) is 12.1 Å². The smallest absolute Gasteiger partial charge is 0.279 e. The normalized spacial score (nSPS) is 11.6. The molecule has 2 N–H and O–H groups in total. The number of nitrogens with one attached hydrogen (secondary N) is 2. The Kier molecular flexibility index (Phi) is 7.38. The molecule has 0 heterocycles. The molecule has 0 aliphatic rings. The topological polar surface area (TPSA) is 85.9 Å². The molecule has 2 rings (SSSR count). The second kappa shape index (κ2) is 9.96. The predicted molar refractivity (Wildman–Crippen MR) is 101 cm³/mol. The summed E-state index contributed by atoms with van der Waals surface area (Å²) in [6, 6.07) is 10.9. The van der Waals surface area contributed by atoms with Gasteiger partial charge in [0.15, 0.2) is 17.7 Å². The van der Waals surface area contributed by atoms with Crippen LogP contribution in [0.3, 0.4) is 0 Å². The van der Waals surface area contributed by atoms with Gasteiger partial charge in [0.1, 0.15) is 11.5 Å². The van der Waals surface area contributed by atoms with Crippen LogP contribution in [0.4, 0.5) is 4.39 Å². The van der Waals surface area contributed by atoms with Gasteiger partial charge < -0.3 is 14.2 Å². The van der Waals surface area contributed by atoms with E-state index in [1.807, 2.05) is 0 Å². The monoisotopic (exact) mass is 388 g/mol. The number of benzene rings is 2. The van der Waals surface area contributed by atoms with Crippen LogP contribution < -0.4 is 25.1 Å². The zero-order valence-electron chi connectivity index (χ0n) is 15.7. The van der Waals surface area contributed by atoms with Gasteiger partial charge in [-0.3, -0.25) is 20.4 Å². The number of hydrogen-bond acceptors (Lipinski definition) is 5. The van der Waals surface area contributed by atoms with Crippen molar-refractivity contribution in [3.63, 3.8) is 0 Å². The van der Waals surface area contributed by atoms with Crippen LogP contribution in [0.5, 0.6) is 17.2 Å². The summed E-state index contributed by atoms with van der Waals surface area (Å²) in [5, 5.41) is 0. The minimum Gasteiger partial charge on any atom is -0.497 e. The summed E-state index contributed by atoms with van der Waals surface area (Å²) in [6.07, 6.45) is 1.76. The van der Waals surface area contributed by atoms with Gasteiger partial charge in [0.25, 0.3) is 11.8 Å². The molecule has 2 amide bonds. The molecule has 2 aromatic carbocycles. The Morgan fingerprint density at radius 1 is 1.04 bits per heavy atom. The zero-order chi connectivity index (χ0) is 20.5. The maximum atomic E-state index is 13.5.